The molecule has 1 spiro atoms. The van der Waals surface area contributed by atoms with Crippen LogP contribution in [0, 0.1) is 0 Å². The highest BCUT2D eigenvalue weighted by Crippen LogP contribution is 2.43. The van der Waals surface area contributed by atoms with Gasteiger partial charge in [0.25, 0.3) is 0 Å². The van der Waals surface area contributed by atoms with Gasteiger partial charge in [0.05, 0.1) is 17.8 Å². The van der Waals surface area contributed by atoms with Crippen molar-refractivity contribution < 1.29 is 9.84 Å². The Balaban J connectivity index is 1.56. The molecule has 2 aliphatic rings. The Morgan fingerprint density at radius 3 is 2.95 bits per heavy atom. The normalized spacial score (nSPS) is 26.4. The van der Waals surface area contributed by atoms with E-state index in [1.165, 1.54) is 38.5 Å². The predicted octanol–water partition coefficient (Wildman–Crippen LogP) is 3.81. The third-order valence-corrected chi connectivity index (χ3v) is 4.99. The molecule has 1 N–H and O–H groups in total. The van der Waals surface area contributed by atoms with E-state index in [4.69, 9.17) is 4.74 Å². The Morgan fingerprint density at radius 1 is 1.40 bits per heavy atom. The molecule has 1 aliphatic carbocycles. The lowest BCUT2D eigenvalue weighted by Gasteiger charge is -2.24. The van der Waals surface area contributed by atoms with Crippen LogP contribution in [-0.4, -0.2) is 21.4 Å². The topological polar surface area (TPSA) is 34.4 Å². The molecule has 1 aliphatic heterocycles. The molecule has 1 aromatic rings. The van der Waals surface area contributed by atoms with Crippen molar-refractivity contribution in [2.24, 2.45) is 0 Å². The largest absolute Gasteiger partial charge is 0.388 e. The van der Waals surface area contributed by atoms with Crippen molar-refractivity contribution in [3.63, 3.8) is 0 Å². The van der Waals surface area contributed by atoms with E-state index in [1.807, 2.05) is 6.07 Å². The first kappa shape index (κ1) is 14.2. The lowest BCUT2D eigenvalue weighted by molar-refractivity contribution is -0.0418. The van der Waals surface area contributed by atoms with Gasteiger partial charge in [0.1, 0.15) is 0 Å². The Labute approximate surface area is 121 Å². The van der Waals surface area contributed by atoms with E-state index in [9.17, 15) is 5.11 Å². The zero-order valence-electron chi connectivity index (χ0n) is 12.6. The molecule has 2 atom stereocenters. The Morgan fingerprint density at radius 2 is 2.20 bits per heavy atom. The maximum absolute atomic E-state index is 10.0. The van der Waals surface area contributed by atoms with Crippen LogP contribution in [0.25, 0.3) is 0 Å². The van der Waals surface area contributed by atoms with E-state index in [0.29, 0.717) is 6.10 Å². The number of aromatic nitrogens is 1. The van der Waals surface area contributed by atoms with E-state index < -0.39 is 0 Å². The summed E-state index contributed by atoms with van der Waals surface area (Å²) in [6.07, 6.45) is 13.7. The van der Waals surface area contributed by atoms with E-state index >= 15 is 0 Å². The fourth-order valence-electron chi connectivity index (χ4n) is 3.86. The molecular formula is C17H27NO2. The molecule has 0 amide bonds. The molecule has 20 heavy (non-hydrogen) atoms. The number of rotatable bonds is 5. The third-order valence-electron chi connectivity index (χ3n) is 4.99. The number of aliphatic hydroxyl groups is 1. The molecule has 3 rings (SSSR count). The van der Waals surface area contributed by atoms with Crippen LogP contribution in [0.3, 0.4) is 0 Å². The summed E-state index contributed by atoms with van der Waals surface area (Å²) in [7, 11) is 0. The van der Waals surface area contributed by atoms with Gasteiger partial charge < -0.3 is 14.4 Å². The van der Waals surface area contributed by atoms with Crippen molar-refractivity contribution in [2.45, 2.75) is 82.6 Å². The minimum absolute atomic E-state index is 0.225. The molecule has 1 saturated heterocycles. The fraction of sp³-hybridized carbons (Fsp3) is 0.765. The van der Waals surface area contributed by atoms with Crippen LogP contribution in [-0.2, 0) is 11.3 Å². The number of hydrogen-bond acceptors (Lipinski definition) is 2. The summed E-state index contributed by atoms with van der Waals surface area (Å²) >= 11 is 0. The van der Waals surface area contributed by atoms with Gasteiger partial charge in [-0.15, -0.1) is 0 Å². The van der Waals surface area contributed by atoms with Crippen molar-refractivity contribution in [1.82, 2.24) is 4.57 Å². The van der Waals surface area contributed by atoms with E-state index in [-0.39, 0.29) is 11.7 Å². The number of nitrogens with zero attached hydrogens (tertiary/aromatic N) is 1. The van der Waals surface area contributed by atoms with E-state index in [1.54, 1.807) is 0 Å². The first-order chi connectivity index (χ1) is 9.71. The van der Waals surface area contributed by atoms with Gasteiger partial charge in [-0.05, 0) is 43.7 Å². The molecule has 3 heteroatoms. The first-order valence-corrected chi connectivity index (χ1v) is 8.22. The Kier molecular flexibility index (Phi) is 4.18. The molecule has 0 bridgehead atoms. The van der Waals surface area contributed by atoms with Crippen molar-refractivity contribution >= 4 is 0 Å². The van der Waals surface area contributed by atoms with Crippen LogP contribution in [0.15, 0.2) is 18.5 Å². The Bertz CT molecular complexity index is 434. The lowest BCUT2D eigenvalue weighted by atomic mass is 9.98. The van der Waals surface area contributed by atoms with Crippen molar-refractivity contribution in [1.29, 1.82) is 0 Å². The second kappa shape index (κ2) is 5.90. The summed E-state index contributed by atoms with van der Waals surface area (Å²) in [6, 6.07) is 2.04. The predicted molar refractivity (Wildman–Crippen MR) is 79.6 cm³/mol. The number of hydrogen-bond donors (Lipinski definition) is 1. The van der Waals surface area contributed by atoms with Gasteiger partial charge in [-0.3, -0.25) is 0 Å². The van der Waals surface area contributed by atoms with Gasteiger partial charge in [-0.1, -0.05) is 26.2 Å². The molecule has 2 fully saturated rings. The zero-order chi connectivity index (χ0) is 14.0. The summed E-state index contributed by atoms with van der Waals surface area (Å²) in [6.45, 7) is 3.04. The van der Waals surface area contributed by atoms with Gasteiger partial charge in [0.15, 0.2) is 0 Å². The maximum Gasteiger partial charge on any atom is 0.0804 e. The fourth-order valence-corrected chi connectivity index (χ4v) is 3.86. The minimum Gasteiger partial charge on any atom is -0.388 e. The average molecular weight is 277 g/mol. The molecule has 2 unspecified atom stereocenters. The molecule has 0 aromatic carbocycles. The van der Waals surface area contributed by atoms with Crippen LogP contribution in [0.5, 0.6) is 0 Å². The summed E-state index contributed by atoms with van der Waals surface area (Å²) in [5, 5.41) is 10.0. The van der Waals surface area contributed by atoms with Gasteiger partial charge in [-0.2, -0.15) is 0 Å². The smallest absolute Gasteiger partial charge is 0.0804 e. The summed E-state index contributed by atoms with van der Waals surface area (Å²) < 4.78 is 8.54. The van der Waals surface area contributed by atoms with Crippen LogP contribution in [0.1, 0.15) is 70.0 Å². The number of ether oxygens (including phenoxy) is 1. The molecule has 0 radical (unpaired) electrons. The minimum atomic E-state index is -0.313. The Hall–Kier alpha value is -0.800. The van der Waals surface area contributed by atoms with Crippen molar-refractivity contribution in [3.8, 4) is 0 Å². The standard InChI is InChI=1S/C17H27NO2/c1-2-5-16(19)14-7-11-18(12-14)13-15-6-10-17(20-15)8-3-4-9-17/h7,11-12,15-16,19H,2-6,8-10,13H2,1H3. The third kappa shape index (κ3) is 2.94. The molecule has 1 aromatic heterocycles. The van der Waals surface area contributed by atoms with Crippen molar-refractivity contribution in [2.75, 3.05) is 0 Å². The zero-order valence-corrected chi connectivity index (χ0v) is 12.6. The SMILES string of the molecule is CCCC(O)c1ccn(CC2CCC3(CCCC3)O2)c1. The quantitative estimate of drug-likeness (QED) is 0.888. The van der Waals surface area contributed by atoms with Crippen LogP contribution >= 0.6 is 0 Å². The van der Waals surface area contributed by atoms with Crippen molar-refractivity contribution in [3.05, 3.63) is 24.0 Å². The average Bonchev–Trinajstić information content (AvgIpc) is 3.14. The summed E-state index contributed by atoms with van der Waals surface area (Å²) in [5.41, 5.74) is 1.27. The van der Waals surface area contributed by atoms with E-state index in [0.717, 1.165) is 24.9 Å². The van der Waals surface area contributed by atoms with Crippen LogP contribution in [0.4, 0.5) is 0 Å². The lowest BCUT2D eigenvalue weighted by Crippen LogP contribution is -2.26. The molecule has 2 heterocycles. The molecule has 112 valence electrons. The monoisotopic (exact) mass is 277 g/mol. The second-order valence-corrected chi connectivity index (χ2v) is 6.61. The number of aliphatic hydroxyl groups excluding tert-OH is 1. The van der Waals surface area contributed by atoms with E-state index in [2.05, 4.69) is 23.9 Å². The first-order valence-electron chi connectivity index (χ1n) is 8.22. The highest BCUT2D eigenvalue weighted by Gasteiger charge is 2.42. The molecular weight excluding hydrogens is 250 g/mol. The van der Waals surface area contributed by atoms with Gasteiger partial charge in [-0.25, -0.2) is 0 Å². The summed E-state index contributed by atoms with van der Waals surface area (Å²) in [5.74, 6) is 0. The molecule has 3 nitrogen and oxygen atoms in total. The van der Waals surface area contributed by atoms with Gasteiger partial charge in [0, 0.05) is 18.9 Å². The molecule has 1 saturated carbocycles. The highest BCUT2D eigenvalue weighted by molar-refractivity contribution is 5.13. The highest BCUT2D eigenvalue weighted by atomic mass is 16.5. The van der Waals surface area contributed by atoms with Crippen LogP contribution < -0.4 is 0 Å². The maximum atomic E-state index is 10.0. The van der Waals surface area contributed by atoms with Gasteiger partial charge in [0.2, 0.25) is 0 Å². The second-order valence-electron chi connectivity index (χ2n) is 6.61. The summed E-state index contributed by atoms with van der Waals surface area (Å²) in [4.78, 5) is 0. The van der Waals surface area contributed by atoms with Crippen LogP contribution in [0.2, 0.25) is 0 Å². The van der Waals surface area contributed by atoms with Gasteiger partial charge >= 0.3 is 0 Å².